The van der Waals surface area contributed by atoms with Gasteiger partial charge >= 0.3 is 5.97 Å². The molecule has 94 valence electrons. The molecule has 19 heavy (non-hydrogen) atoms. The van der Waals surface area contributed by atoms with Gasteiger partial charge in [0.05, 0.1) is 16.8 Å². The second kappa shape index (κ2) is 4.20. The highest BCUT2D eigenvalue weighted by Gasteiger charge is 2.14. The fourth-order valence-corrected chi connectivity index (χ4v) is 2.05. The molecule has 0 fully saturated rings. The topological polar surface area (TPSA) is 66.0 Å². The van der Waals surface area contributed by atoms with Crippen LogP contribution < -0.4 is 0 Å². The highest BCUT2D eigenvalue weighted by molar-refractivity contribution is 6.05. The molecular formula is C14H9FN2O2. The zero-order valence-electron chi connectivity index (χ0n) is 9.72. The summed E-state index contributed by atoms with van der Waals surface area (Å²) in [4.78, 5) is 11.1. The largest absolute Gasteiger partial charge is 0.478 e. The number of halogens is 1. The van der Waals surface area contributed by atoms with E-state index < -0.39 is 5.97 Å². The Morgan fingerprint density at radius 3 is 2.58 bits per heavy atom. The maximum atomic E-state index is 12.9. The Morgan fingerprint density at radius 2 is 1.89 bits per heavy atom. The molecule has 0 radical (unpaired) electrons. The number of nitrogens with one attached hydrogen (secondary N) is 1. The van der Waals surface area contributed by atoms with Gasteiger partial charge in [-0.05, 0) is 30.3 Å². The molecule has 0 spiro atoms. The first kappa shape index (κ1) is 11.4. The summed E-state index contributed by atoms with van der Waals surface area (Å²) in [5, 5.41) is 16.7. The minimum absolute atomic E-state index is 0.165. The van der Waals surface area contributed by atoms with E-state index in [1.807, 2.05) is 0 Å². The van der Waals surface area contributed by atoms with Gasteiger partial charge in [-0.1, -0.05) is 12.1 Å². The van der Waals surface area contributed by atoms with Crippen molar-refractivity contribution in [3.63, 3.8) is 0 Å². The zero-order valence-corrected chi connectivity index (χ0v) is 9.72. The number of H-pyrrole nitrogens is 1. The molecule has 2 aromatic carbocycles. The number of para-hydroxylation sites is 1. The van der Waals surface area contributed by atoms with Crippen LogP contribution in [0.2, 0.25) is 0 Å². The third kappa shape index (κ3) is 1.85. The van der Waals surface area contributed by atoms with Crippen LogP contribution in [0, 0.1) is 5.82 Å². The molecule has 4 nitrogen and oxygen atoms in total. The summed E-state index contributed by atoms with van der Waals surface area (Å²) in [6.45, 7) is 0. The van der Waals surface area contributed by atoms with E-state index in [1.165, 1.54) is 18.2 Å². The van der Waals surface area contributed by atoms with Crippen LogP contribution >= 0.6 is 0 Å². The Hall–Kier alpha value is -2.69. The van der Waals surface area contributed by atoms with E-state index in [2.05, 4.69) is 10.2 Å². The first-order valence-electron chi connectivity index (χ1n) is 5.63. The molecule has 0 aliphatic carbocycles. The molecule has 0 saturated carbocycles. The number of aromatic carboxylic acids is 1. The number of hydrogen-bond acceptors (Lipinski definition) is 2. The number of carbonyl (C=O) groups is 1. The van der Waals surface area contributed by atoms with Crippen molar-refractivity contribution in [1.82, 2.24) is 10.2 Å². The van der Waals surface area contributed by atoms with Crippen LogP contribution in [0.5, 0.6) is 0 Å². The third-order valence-corrected chi connectivity index (χ3v) is 2.95. The van der Waals surface area contributed by atoms with Crippen LogP contribution in [0.1, 0.15) is 10.4 Å². The van der Waals surface area contributed by atoms with Gasteiger partial charge in [0.1, 0.15) is 5.82 Å². The van der Waals surface area contributed by atoms with Crippen LogP contribution in [0.3, 0.4) is 0 Å². The number of aromatic nitrogens is 2. The number of carboxylic acids is 1. The summed E-state index contributed by atoms with van der Waals surface area (Å²) in [6, 6.07) is 10.9. The van der Waals surface area contributed by atoms with E-state index in [0.29, 0.717) is 16.6 Å². The van der Waals surface area contributed by atoms with E-state index in [-0.39, 0.29) is 11.4 Å². The van der Waals surface area contributed by atoms with Crippen molar-refractivity contribution in [3.05, 3.63) is 53.8 Å². The second-order valence-corrected chi connectivity index (χ2v) is 4.11. The molecule has 3 rings (SSSR count). The number of aromatic amines is 1. The summed E-state index contributed by atoms with van der Waals surface area (Å²) in [6.07, 6.45) is 0. The average molecular weight is 256 g/mol. The number of nitrogens with zero attached hydrogens (tertiary/aromatic N) is 1. The van der Waals surface area contributed by atoms with Crippen LogP contribution in [-0.2, 0) is 0 Å². The van der Waals surface area contributed by atoms with Gasteiger partial charge in [0.2, 0.25) is 0 Å². The van der Waals surface area contributed by atoms with E-state index >= 15 is 0 Å². The lowest BCUT2D eigenvalue weighted by atomic mass is 10.1. The Bertz CT molecular complexity index is 763. The predicted molar refractivity (Wildman–Crippen MR) is 68.4 cm³/mol. The van der Waals surface area contributed by atoms with Gasteiger partial charge < -0.3 is 5.11 Å². The maximum Gasteiger partial charge on any atom is 0.337 e. The van der Waals surface area contributed by atoms with Crippen molar-refractivity contribution in [2.24, 2.45) is 0 Å². The van der Waals surface area contributed by atoms with Crippen LogP contribution in [0.15, 0.2) is 42.5 Å². The van der Waals surface area contributed by atoms with E-state index in [4.69, 9.17) is 5.11 Å². The lowest BCUT2D eigenvalue weighted by Crippen LogP contribution is -1.96. The summed E-state index contributed by atoms with van der Waals surface area (Å²) in [5.74, 6) is -1.34. The SMILES string of the molecule is O=C(O)c1cccc2c(-c3ccc(F)cc3)n[nH]c12. The smallest absolute Gasteiger partial charge is 0.337 e. The fraction of sp³-hybridized carbons (Fsp3) is 0. The minimum Gasteiger partial charge on any atom is -0.478 e. The molecule has 2 N–H and O–H groups in total. The predicted octanol–water partition coefficient (Wildman–Crippen LogP) is 3.07. The Balaban J connectivity index is 2.24. The first-order chi connectivity index (χ1) is 9.16. The molecule has 3 aromatic rings. The number of carboxylic acid groups (broad SMARTS) is 1. The van der Waals surface area contributed by atoms with Crippen molar-refractivity contribution >= 4 is 16.9 Å². The lowest BCUT2D eigenvalue weighted by Gasteiger charge is -1.99. The highest BCUT2D eigenvalue weighted by atomic mass is 19.1. The molecule has 1 aromatic heterocycles. The van der Waals surface area contributed by atoms with Crippen LogP contribution in [0.25, 0.3) is 22.2 Å². The van der Waals surface area contributed by atoms with Gasteiger partial charge in [-0.25, -0.2) is 9.18 Å². The molecule has 0 amide bonds. The molecule has 0 atom stereocenters. The molecular weight excluding hydrogens is 247 g/mol. The quantitative estimate of drug-likeness (QED) is 0.740. The molecule has 0 saturated heterocycles. The molecule has 0 aliphatic rings. The zero-order chi connectivity index (χ0) is 13.4. The summed E-state index contributed by atoms with van der Waals surface area (Å²) in [5.41, 5.74) is 1.97. The number of benzene rings is 2. The first-order valence-corrected chi connectivity index (χ1v) is 5.63. The number of hydrogen-bond donors (Lipinski definition) is 2. The van der Waals surface area contributed by atoms with Gasteiger partial charge in [-0.15, -0.1) is 0 Å². The molecule has 5 heteroatoms. The number of rotatable bonds is 2. The van der Waals surface area contributed by atoms with Crippen LogP contribution in [0.4, 0.5) is 4.39 Å². The normalized spacial score (nSPS) is 10.8. The van der Waals surface area contributed by atoms with E-state index in [9.17, 15) is 9.18 Å². The Morgan fingerprint density at radius 1 is 1.16 bits per heavy atom. The van der Waals surface area contributed by atoms with Crippen molar-refractivity contribution in [1.29, 1.82) is 0 Å². The lowest BCUT2D eigenvalue weighted by molar-refractivity contribution is 0.0699. The monoisotopic (exact) mass is 256 g/mol. The Labute approximate surface area is 107 Å². The molecule has 0 aliphatic heterocycles. The Kier molecular flexibility index (Phi) is 2.52. The van der Waals surface area contributed by atoms with E-state index in [1.54, 1.807) is 24.3 Å². The standard InChI is InChI=1S/C14H9FN2O2/c15-9-6-4-8(5-7-9)12-10-2-1-3-11(14(18)19)13(10)17-16-12/h1-7H,(H,16,17)(H,18,19). The molecule has 1 heterocycles. The maximum absolute atomic E-state index is 12.9. The molecule has 0 unspecified atom stereocenters. The highest BCUT2D eigenvalue weighted by Crippen LogP contribution is 2.28. The van der Waals surface area contributed by atoms with Crippen molar-refractivity contribution in [2.45, 2.75) is 0 Å². The second-order valence-electron chi connectivity index (χ2n) is 4.11. The summed E-state index contributed by atoms with van der Waals surface area (Å²) < 4.78 is 12.9. The van der Waals surface area contributed by atoms with E-state index in [0.717, 1.165) is 5.56 Å². The van der Waals surface area contributed by atoms with Gasteiger partial charge in [-0.2, -0.15) is 5.10 Å². The third-order valence-electron chi connectivity index (χ3n) is 2.95. The molecule has 0 bridgehead atoms. The fourth-order valence-electron chi connectivity index (χ4n) is 2.05. The van der Waals surface area contributed by atoms with Gasteiger partial charge in [0.15, 0.2) is 0 Å². The van der Waals surface area contributed by atoms with Gasteiger partial charge in [0.25, 0.3) is 0 Å². The minimum atomic E-state index is -1.01. The van der Waals surface area contributed by atoms with Gasteiger partial charge in [-0.3, -0.25) is 5.10 Å². The van der Waals surface area contributed by atoms with Crippen LogP contribution in [-0.4, -0.2) is 21.3 Å². The van der Waals surface area contributed by atoms with Gasteiger partial charge in [0, 0.05) is 10.9 Å². The van der Waals surface area contributed by atoms with Crippen molar-refractivity contribution in [3.8, 4) is 11.3 Å². The number of fused-ring (bicyclic) bond motifs is 1. The van der Waals surface area contributed by atoms with Crippen molar-refractivity contribution < 1.29 is 14.3 Å². The summed E-state index contributed by atoms with van der Waals surface area (Å²) in [7, 11) is 0. The van der Waals surface area contributed by atoms with Crippen molar-refractivity contribution in [2.75, 3.05) is 0 Å². The summed E-state index contributed by atoms with van der Waals surface area (Å²) >= 11 is 0. The average Bonchev–Trinajstić information content (AvgIpc) is 2.83.